The molecule has 0 aliphatic rings. The first-order valence-corrected chi connectivity index (χ1v) is 9.66. The average molecular weight is 427 g/mol. The van der Waals surface area contributed by atoms with Crippen molar-refractivity contribution >= 4 is 15.6 Å². The van der Waals surface area contributed by atoms with Gasteiger partial charge in [0.05, 0.1) is 29.2 Å². The number of methoxy groups -OCH3 is 1. The highest BCUT2D eigenvalue weighted by atomic mass is 32.2. The normalized spacial score (nSPS) is 13.6. The Hall–Kier alpha value is -3.35. The van der Waals surface area contributed by atoms with E-state index in [1.165, 1.54) is 25.5 Å². The van der Waals surface area contributed by atoms with E-state index in [9.17, 15) is 22.2 Å². The summed E-state index contributed by atoms with van der Waals surface area (Å²) in [7, 11) is -1.59. The number of hydrogen-bond donors (Lipinski definition) is 0. The molecule has 0 fully saturated rings. The SMILES string of the molecule is COc1ccc(S(C)(=O)=NC(=O)c2cnc(-c3noc(C(F)(F)F)n3)cn2)cc1. The van der Waals surface area contributed by atoms with E-state index in [4.69, 9.17) is 4.74 Å². The molecule has 0 bridgehead atoms. The zero-order valence-electron chi connectivity index (χ0n) is 14.9. The number of hydrogen-bond acceptors (Lipinski definition) is 8. The zero-order valence-corrected chi connectivity index (χ0v) is 15.7. The highest BCUT2D eigenvalue weighted by Crippen LogP contribution is 2.28. The third-order valence-corrected chi connectivity index (χ3v) is 5.18. The van der Waals surface area contributed by atoms with Crippen LogP contribution in [0.4, 0.5) is 13.2 Å². The van der Waals surface area contributed by atoms with Crippen molar-refractivity contribution in [1.82, 2.24) is 20.1 Å². The summed E-state index contributed by atoms with van der Waals surface area (Å²) in [4.78, 5) is 23.3. The summed E-state index contributed by atoms with van der Waals surface area (Å²) in [6, 6.07) is 6.18. The van der Waals surface area contributed by atoms with Crippen molar-refractivity contribution in [3.63, 3.8) is 0 Å². The molecule has 1 aromatic carbocycles. The second kappa shape index (κ2) is 7.58. The van der Waals surface area contributed by atoms with Crippen molar-refractivity contribution < 1.29 is 31.4 Å². The second-order valence-corrected chi connectivity index (χ2v) is 7.84. The number of carbonyl (C=O) groups excluding carboxylic acids is 1. The molecule has 1 amide bonds. The van der Waals surface area contributed by atoms with E-state index in [-0.39, 0.29) is 11.4 Å². The topological polar surface area (TPSA) is 120 Å². The van der Waals surface area contributed by atoms with Gasteiger partial charge in [0, 0.05) is 11.2 Å². The van der Waals surface area contributed by atoms with Gasteiger partial charge in [-0.1, -0.05) is 5.16 Å². The van der Waals surface area contributed by atoms with Crippen LogP contribution in [-0.2, 0) is 15.9 Å². The Morgan fingerprint density at radius 3 is 2.38 bits per heavy atom. The molecule has 0 aliphatic carbocycles. The molecule has 0 saturated heterocycles. The van der Waals surface area contributed by atoms with Crippen LogP contribution in [0.1, 0.15) is 16.4 Å². The van der Waals surface area contributed by atoms with Crippen LogP contribution in [0.15, 0.2) is 50.4 Å². The smallest absolute Gasteiger partial charge is 0.471 e. The van der Waals surface area contributed by atoms with Gasteiger partial charge in [0.25, 0.3) is 0 Å². The van der Waals surface area contributed by atoms with Crippen LogP contribution in [-0.4, -0.2) is 43.6 Å². The molecular weight excluding hydrogens is 415 g/mol. The molecule has 9 nitrogen and oxygen atoms in total. The van der Waals surface area contributed by atoms with Crippen LogP contribution in [0, 0.1) is 0 Å². The predicted octanol–water partition coefficient (Wildman–Crippen LogP) is 2.85. The van der Waals surface area contributed by atoms with E-state index in [2.05, 4.69) is 29.0 Å². The van der Waals surface area contributed by atoms with E-state index >= 15 is 0 Å². The summed E-state index contributed by atoms with van der Waals surface area (Å²) in [6.45, 7) is 0. The molecule has 1 unspecified atom stereocenters. The number of halogens is 3. The van der Waals surface area contributed by atoms with Gasteiger partial charge in [0.1, 0.15) is 17.1 Å². The summed E-state index contributed by atoms with van der Waals surface area (Å²) < 4.78 is 63.1. The monoisotopic (exact) mass is 427 g/mol. The minimum atomic E-state index is -4.80. The number of amides is 1. The van der Waals surface area contributed by atoms with E-state index in [1.54, 1.807) is 12.1 Å². The van der Waals surface area contributed by atoms with Gasteiger partial charge in [-0.15, -0.1) is 0 Å². The lowest BCUT2D eigenvalue weighted by molar-refractivity contribution is -0.159. The Morgan fingerprint density at radius 2 is 1.86 bits per heavy atom. The van der Waals surface area contributed by atoms with Gasteiger partial charge >= 0.3 is 18.0 Å². The van der Waals surface area contributed by atoms with Crippen molar-refractivity contribution in [2.24, 2.45) is 4.36 Å². The highest BCUT2D eigenvalue weighted by molar-refractivity contribution is 7.93. The molecule has 2 heterocycles. The van der Waals surface area contributed by atoms with E-state index in [0.717, 1.165) is 12.4 Å². The second-order valence-electron chi connectivity index (χ2n) is 5.58. The van der Waals surface area contributed by atoms with Crippen LogP contribution in [0.3, 0.4) is 0 Å². The Morgan fingerprint density at radius 1 is 1.17 bits per heavy atom. The van der Waals surface area contributed by atoms with Gasteiger partial charge in [0.2, 0.25) is 5.82 Å². The number of carbonyl (C=O) groups is 1. The van der Waals surface area contributed by atoms with Crippen LogP contribution in [0.2, 0.25) is 0 Å². The number of alkyl halides is 3. The third kappa shape index (κ3) is 4.56. The van der Waals surface area contributed by atoms with Gasteiger partial charge < -0.3 is 9.26 Å². The summed E-state index contributed by atoms with van der Waals surface area (Å²) in [6.07, 6.45) is -1.56. The van der Waals surface area contributed by atoms with E-state index < -0.39 is 33.5 Å². The minimum Gasteiger partial charge on any atom is -0.497 e. The van der Waals surface area contributed by atoms with E-state index in [1.807, 2.05) is 0 Å². The standard InChI is InChI=1S/C16H12F3N5O4S/c1-27-9-3-5-10(6-4-9)29(2,26)24-14(25)12-8-20-11(7-21-12)13-22-15(28-23-13)16(17,18)19/h3-8H,1-2H3. The minimum absolute atomic E-state index is 0.145. The molecule has 0 N–H and O–H groups in total. The maximum atomic E-state index is 12.7. The molecule has 29 heavy (non-hydrogen) atoms. The largest absolute Gasteiger partial charge is 0.497 e. The van der Waals surface area contributed by atoms with Gasteiger partial charge in [-0.3, -0.25) is 4.79 Å². The van der Waals surface area contributed by atoms with Crippen molar-refractivity contribution in [1.29, 1.82) is 0 Å². The van der Waals surface area contributed by atoms with Crippen LogP contribution >= 0.6 is 0 Å². The first kappa shape index (κ1) is 20.4. The predicted molar refractivity (Wildman–Crippen MR) is 92.4 cm³/mol. The fourth-order valence-corrected chi connectivity index (χ4v) is 3.24. The van der Waals surface area contributed by atoms with Crippen molar-refractivity contribution in [3.05, 3.63) is 48.2 Å². The molecule has 3 aromatic rings. The summed E-state index contributed by atoms with van der Waals surface area (Å²) in [5.41, 5.74) is -0.399. The lowest BCUT2D eigenvalue weighted by Crippen LogP contribution is -2.06. The molecule has 1 atom stereocenters. The Bertz CT molecular complexity index is 1150. The lowest BCUT2D eigenvalue weighted by atomic mass is 10.3. The molecule has 2 aromatic heterocycles. The first-order chi connectivity index (χ1) is 13.6. The van der Waals surface area contributed by atoms with Gasteiger partial charge in [0.15, 0.2) is 0 Å². The quantitative estimate of drug-likeness (QED) is 0.623. The highest BCUT2D eigenvalue weighted by Gasteiger charge is 2.38. The van der Waals surface area contributed by atoms with Crippen LogP contribution in [0.5, 0.6) is 5.75 Å². The zero-order chi connectivity index (χ0) is 21.2. The third-order valence-electron chi connectivity index (χ3n) is 3.52. The molecule has 13 heteroatoms. The Balaban J connectivity index is 1.83. The Kier molecular flexibility index (Phi) is 5.33. The molecule has 0 radical (unpaired) electrons. The fourth-order valence-electron chi connectivity index (χ4n) is 2.08. The number of rotatable bonds is 4. The molecule has 0 aliphatic heterocycles. The molecular formula is C16H12F3N5O4S. The van der Waals surface area contributed by atoms with Gasteiger partial charge in [-0.05, 0) is 24.3 Å². The summed E-state index contributed by atoms with van der Waals surface area (Å²) in [5, 5.41) is 3.17. The maximum Gasteiger partial charge on any atom is 0.471 e. The van der Waals surface area contributed by atoms with Gasteiger partial charge in [-0.2, -0.15) is 22.5 Å². The molecule has 3 rings (SSSR count). The average Bonchev–Trinajstić information content (AvgIpc) is 3.18. The number of aromatic nitrogens is 4. The molecule has 0 saturated carbocycles. The summed E-state index contributed by atoms with van der Waals surface area (Å²) in [5.74, 6) is -2.34. The number of nitrogens with zero attached hydrogens (tertiary/aromatic N) is 5. The van der Waals surface area contributed by atoms with Crippen LogP contribution in [0.25, 0.3) is 11.5 Å². The van der Waals surface area contributed by atoms with Crippen LogP contribution < -0.4 is 4.74 Å². The number of benzene rings is 1. The fraction of sp³-hybridized carbons (Fsp3) is 0.188. The van der Waals surface area contributed by atoms with Crippen molar-refractivity contribution in [2.45, 2.75) is 11.1 Å². The lowest BCUT2D eigenvalue weighted by Gasteiger charge is -2.05. The molecule has 0 spiro atoms. The first-order valence-electron chi connectivity index (χ1n) is 7.74. The maximum absolute atomic E-state index is 12.7. The summed E-state index contributed by atoms with van der Waals surface area (Å²) >= 11 is 0. The van der Waals surface area contributed by atoms with Gasteiger partial charge in [-0.25, -0.2) is 14.2 Å². The number of ether oxygens (including phenoxy) is 1. The molecule has 152 valence electrons. The van der Waals surface area contributed by atoms with Crippen molar-refractivity contribution in [2.75, 3.05) is 13.4 Å². The van der Waals surface area contributed by atoms with E-state index in [0.29, 0.717) is 10.6 Å². The van der Waals surface area contributed by atoms with Crippen molar-refractivity contribution in [3.8, 4) is 17.3 Å². The Labute approximate surface area is 162 Å².